The fraction of sp³-hybridized carbons (Fsp3) is 0. The zero-order chi connectivity index (χ0) is 50.1. The van der Waals surface area contributed by atoms with Crippen molar-refractivity contribution in [3.63, 3.8) is 0 Å². The maximum Gasteiger partial charge on any atom is 0.252 e. The number of aromatic nitrogens is 1. The molecule has 3 heterocycles. The number of nitrogens with zero attached hydrogens (tertiary/aromatic N) is 3. The largest absolute Gasteiger partial charge is 0.310 e. The zero-order valence-corrected chi connectivity index (χ0v) is 41.6. The van der Waals surface area contributed by atoms with Crippen LogP contribution in [0.2, 0.25) is 0 Å². The van der Waals surface area contributed by atoms with Crippen LogP contribution in [0.1, 0.15) is 0 Å². The van der Waals surface area contributed by atoms with Crippen LogP contribution < -0.4 is 26.2 Å². The molecule has 0 unspecified atom stereocenters. The van der Waals surface area contributed by atoms with Crippen molar-refractivity contribution in [3.8, 4) is 61.3 Å². The molecule has 1 aromatic heterocycles. The number of para-hydroxylation sites is 4. The summed E-state index contributed by atoms with van der Waals surface area (Å²) in [5.41, 5.74) is 25.9. The second-order valence-electron chi connectivity index (χ2n) is 19.9. The third kappa shape index (κ3) is 6.85. The Labute approximate surface area is 443 Å². The van der Waals surface area contributed by atoms with Crippen LogP contribution >= 0.6 is 0 Å². The zero-order valence-electron chi connectivity index (χ0n) is 41.6. The Hall–Kier alpha value is -9.90. The second-order valence-corrected chi connectivity index (χ2v) is 19.9. The van der Waals surface area contributed by atoms with E-state index in [-0.39, 0.29) is 6.71 Å². The highest BCUT2D eigenvalue weighted by Gasteiger charge is 2.46. The molecule has 0 saturated heterocycles. The lowest BCUT2D eigenvalue weighted by Gasteiger charge is -2.46. The second kappa shape index (κ2) is 17.9. The van der Waals surface area contributed by atoms with Gasteiger partial charge >= 0.3 is 0 Å². The molecule has 4 heteroatoms. The Bertz CT molecular complexity index is 4210. The van der Waals surface area contributed by atoms with E-state index >= 15 is 0 Å². The van der Waals surface area contributed by atoms with Crippen LogP contribution in [0.5, 0.6) is 0 Å². The van der Waals surface area contributed by atoms with Gasteiger partial charge in [0.1, 0.15) is 0 Å². The van der Waals surface area contributed by atoms with Crippen LogP contribution in [0, 0.1) is 0 Å². The summed E-state index contributed by atoms with van der Waals surface area (Å²) in [6.45, 7) is -0.149. The molecule has 0 radical (unpaired) electrons. The van der Waals surface area contributed by atoms with Crippen LogP contribution in [-0.2, 0) is 0 Å². The first-order chi connectivity index (χ1) is 37.8. The van der Waals surface area contributed by atoms with Gasteiger partial charge in [0.25, 0.3) is 6.71 Å². The minimum absolute atomic E-state index is 0.149. The number of benzene rings is 12. The first-order valence-corrected chi connectivity index (χ1v) is 26.3. The summed E-state index contributed by atoms with van der Waals surface area (Å²) in [4.78, 5) is 5.28. The first-order valence-electron chi connectivity index (χ1n) is 26.3. The monoisotopic (exact) mass is 965 g/mol. The minimum atomic E-state index is -0.149. The van der Waals surface area contributed by atoms with E-state index in [0.717, 1.165) is 73.0 Å². The molecular formula is C72H48BN3. The van der Waals surface area contributed by atoms with Crippen LogP contribution in [0.25, 0.3) is 83.1 Å². The van der Waals surface area contributed by atoms with Gasteiger partial charge in [-0.25, -0.2) is 0 Å². The van der Waals surface area contributed by atoms with E-state index < -0.39 is 0 Å². The van der Waals surface area contributed by atoms with E-state index in [2.05, 4.69) is 306 Å². The molecule has 0 N–H and O–H groups in total. The molecule has 0 amide bonds. The van der Waals surface area contributed by atoms with E-state index in [0.29, 0.717) is 0 Å². The van der Waals surface area contributed by atoms with Crippen LogP contribution in [-0.4, -0.2) is 11.3 Å². The van der Waals surface area contributed by atoms with E-state index in [9.17, 15) is 0 Å². The summed E-state index contributed by atoms with van der Waals surface area (Å²) in [6.07, 6.45) is 0. The summed E-state index contributed by atoms with van der Waals surface area (Å²) in [7, 11) is 0. The number of anilines is 6. The van der Waals surface area contributed by atoms with Gasteiger partial charge in [-0.1, -0.05) is 249 Å². The highest BCUT2D eigenvalue weighted by atomic mass is 15.2. The molecule has 0 bridgehead atoms. The summed E-state index contributed by atoms with van der Waals surface area (Å²) >= 11 is 0. The van der Waals surface area contributed by atoms with Gasteiger partial charge in [-0.3, -0.25) is 0 Å². The van der Waals surface area contributed by atoms with Crippen molar-refractivity contribution in [1.82, 2.24) is 4.57 Å². The van der Waals surface area contributed by atoms with Crippen molar-refractivity contribution in [1.29, 1.82) is 0 Å². The van der Waals surface area contributed by atoms with Crippen molar-refractivity contribution < 1.29 is 0 Å². The van der Waals surface area contributed by atoms with Gasteiger partial charge in [-0.05, 0) is 92.2 Å². The van der Waals surface area contributed by atoms with Crippen LogP contribution in [0.3, 0.4) is 0 Å². The summed E-state index contributed by atoms with van der Waals surface area (Å²) in [6, 6.07) is 107. The quantitative estimate of drug-likeness (QED) is 0.141. The third-order valence-electron chi connectivity index (χ3n) is 15.8. The van der Waals surface area contributed by atoms with E-state index in [1.807, 2.05) is 0 Å². The normalized spacial score (nSPS) is 12.4. The number of hydrogen-bond acceptors (Lipinski definition) is 2. The van der Waals surface area contributed by atoms with Gasteiger partial charge in [0.2, 0.25) is 0 Å². The molecule has 2 aliphatic heterocycles. The molecule has 76 heavy (non-hydrogen) atoms. The lowest BCUT2D eigenvalue weighted by Crippen LogP contribution is -2.61. The van der Waals surface area contributed by atoms with Gasteiger partial charge in [0.05, 0.1) is 28.1 Å². The fourth-order valence-corrected chi connectivity index (χ4v) is 12.6. The highest BCUT2D eigenvalue weighted by molar-refractivity contribution is 7.00. The minimum Gasteiger partial charge on any atom is -0.310 e. The van der Waals surface area contributed by atoms with Crippen LogP contribution in [0.15, 0.2) is 291 Å². The molecular weight excluding hydrogens is 918 g/mol. The topological polar surface area (TPSA) is 11.4 Å². The predicted octanol–water partition coefficient (Wildman–Crippen LogP) is 17.2. The Kier molecular flexibility index (Phi) is 10.3. The smallest absolute Gasteiger partial charge is 0.252 e. The summed E-state index contributed by atoms with van der Waals surface area (Å²) in [5, 5.41) is 2.43. The molecule has 0 spiro atoms. The third-order valence-corrected chi connectivity index (χ3v) is 15.8. The van der Waals surface area contributed by atoms with Crippen LogP contribution in [0.4, 0.5) is 34.1 Å². The molecule has 15 rings (SSSR count). The Balaban J connectivity index is 1.13. The molecule has 13 aromatic rings. The van der Waals surface area contributed by atoms with Gasteiger partial charge in [-0.15, -0.1) is 0 Å². The average molecular weight is 966 g/mol. The average Bonchev–Trinajstić information content (AvgIpc) is 4.03. The highest BCUT2D eigenvalue weighted by Crippen LogP contribution is 2.54. The van der Waals surface area contributed by atoms with E-state index in [1.165, 1.54) is 60.6 Å². The number of fused-ring (bicyclic) bond motifs is 8. The SMILES string of the molecule is c1ccc(-c2ccc3c(c2)B2c4ccc5c(c4N(c4c(-c6ccccc6)cccc4-c4ccccc4)c4cccc(c42)N3c2c(-c3ccccc3)cccc2-c2ccccc2)c2ccccc2n5-c2ccccc2)cc1. The molecule has 12 aromatic carbocycles. The van der Waals surface area contributed by atoms with E-state index in [4.69, 9.17) is 0 Å². The van der Waals surface area contributed by atoms with Crippen molar-refractivity contribution in [3.05, 3.63) is 291 Å². The molecule has 354 valence electrons. The van der Waals surface area contributed by atoms with E-state index in [1.54, 1.807) is 0 Å². The molecule has 0 atom stereocenters. The van der Waals surface area contributed by atoms with Gasteiger partial charge in [0.15, 0.2) is 0 Å². The summed E-state index contributed by atoms with van der Waals surface area (Å²) < 4.78 is 2.46. The molecule has 0 fully saturated rings. The molecule has 0 saturated carbocycles. The Morgan fingerprint density at radius 3 is 1.25 bits per heavy atom. The lowest BCUT2D eigenvalue weighted by atomic mass is 9.33. The van der Waals surface area contributed by atoms with Gasteiger partial charge < -0.3 is 14.4 Å². The number of hydrogen-bond donors (Lipinski definition) is 0. The fourth-order valence-electron chi connectivity index (χ4n) is 12.6. The molecule has 3 nitrogen and oxygen atoms in total. The maximum atomic E-state index is 2.67. The summed E-state index contributed by atoms with van der Waals surface area (Å²) in [5.74, 6) is 0. The van der Waals surface area contributed by atoms with Crippen molar-refractivity contribution in [2.75, 3.05) is 9.80 Å². The van der Waals surface area contributed by atoms with Gasteiger partial charge in [0, 0.05) is 55.8 Å². The van der Waals surface area contributed by atoms with Gasteiger partial charge in [-0.2, -0.15) is 0 Å². The Morgan fingerprint density at radius 2 is 0.711 bits per heavy atom. The van der Waals surface area contributed by atoms with Crippen molar-refractivity contribution in [2.45, 2.75) is 0 Å². The molecule has 2 aliphatic rings. The first kappa shape index (κ1) is 43.7. The Morgan fingerprint density at radius 1 is 0.263 bits per heavy atom. The van der Waals surface area contributed by atoms with Crippen molar-refractivity contribution >= 4 is 79.0 Å². The lowest BCUT2D eigenvalue weighted by molar-refractivity contribution is 1.18. The maximum absolute atomic E-state index is 2.67. The molecule has 0 aliphatic carbocycles. The standard InChI is InChI=1S/C72H48BN3/c1-7-24-49(25-8-1)54-44-46-64-62(48-54)73-61-45-47-65-68(60-36-19-20-41-63(60)74(65)55-34-17-6-18-35-55)72(61)76(71-58(52-30-13-4-14-31-52)39-22-40-59(71)53-32-15-5-16-33-53)67-43-23-42-66(69(67)73)75(64)70-56(50-26-9-2-10-27-50)37-21-38-57(70)51-28-11-3-12-29-51/h1-48H. The predicted molar refractivity (Wildman–Crippen MR) is 322 cm³/mol. The van der Waals surface area contributed by atoms with Crippen molar-refractivity contribution in [2.24, 2.45) is 0 Å². The number of rotatable bonds is 8.